The standard InChI is InChI=1S/C17H26N2/c1-12(2)17(13-6-4-3-5-7-13)19-15-8-9-16(19)11-14(18)10-15/h3-7,12,14-17H,8-11,18H2,1-2H3. The van der Waals surface area contributed by atoms with E-state index < -0.39 is 0 Å². The summed E-state index contributed by atoms with van der Waals surface area (Å²) in [5.41, 5.74) is 7.68. The number of rotatable bonds is 3. The Bertz CT molecular complexity index is 401. The average molecular weight is 258 g/mol. The molecule has 19 heavy (non-hydrogen) atoms. The van der Waals surface area contributed by atoms with Gasteiger partial charge in [-0.2, -0.15) is 0 Å². The summed E-state index contributed by atoms with van der Waals surface area (Å²) in [6, 6.07) is 13.4. The van der Waals surface area contributed by atoms with Crippen molar-refractivity contribution in [1.29, 1.82) is 0 Å². The van der Waals surface area contributed by atoms with Crippen LogP contribution >= 0.6 is 0 Å². The molecule has 1 aromatic carbocycles. The summed E-state index contributed by atoms with van der Waals surface area (Å²) in [6.07, 6.45) is 5.06. The number of piperidine rings is 1. The third-order valence-electron chi connectivity index (χ3n) is 4.92. The van der Waals surface area contributed by atoms with Crippen molar-refractivity contribution in [2.75, 3.05) is 0 Å². The van der Waals surface area contributed by atoms with E-state index in [2.05, 4.69) is 49.1 Å². The minimum Gasteiger partial charge on any atom is -0.328 e. The fourth-order valence-electron chi connectivity index (χ4n) is 4.26. The SMILES string of the molecule is CC(C)C(c1ccccc1)N1C2CCC1CC(N)C2. The molecule has 2 heteroatoms. The largest absolute Gasteiger partial charge is 0.328 e. The van der Waals surface area contributed by atoms with Crippen molar-refractivity contribution in [3.63, 3.8) is 0 Å². The summed E-state index contributed by atoms with van der Waals surface area (Å²) in [4.78, 5) is 2.80. The Labute approximate surface area is 117 Å². The van der Waals surface area contributed by atoms with Gasteiger partial charge >= 0.3 is 0 Å². The van der Waals surface area contributed by atoms with Crippen LogP contribution in [0.1, 0.15) is 51.1 Å². The zero-order chi connectivity index (χ0) is 13.4. The highest BCUT2D eigenvalue weighted by atomic mass is 15.3. The predicted octanol–water partition coefficient (Wildman–Crippen LogP) is 3.34. The Kier molecular flexibility index (Phi) is 3.64. The molecule has 2 fully saturated rings. The van der Waals surface area contributed by atoms with Gasteiger partial charge in [0.1, 0.15) is 0 Å². The molecule has 2 nitrogen and oxygen atoms in total. The number of nitrogens with zero attached hydrogens (tertiary/aromatic N) is 1. The number of nitrogens with two attached hydrogens (primary N) is 1. The highest BCUT2D eigenvalue weighted by molar-refractivity contribution is 5.21. The van der Waals surface area contributed by atoms with Gasteiger partial charge in [0.25, 0.3) is 0 Å². The van der Waals surface area contributed by atoms with Gasteiger partial charge in [0.05, 0.1) is 0 Å². The summed E-state index contributed by atoms with van der Waals surface area (Å²) in [7, 11) is 0. The molecule has 2 saturated heterocycles. The van der Waals surface area contributed by atoms with Crippen molar-refractivity contribution in [3.05, 3.63) is 35.9 Å². The van der Waals surface area contributed by atoms with Crippen LogP contribution in [0.2, 0.25) is 0 Å². The minimum absolute atomic E-state index is 0.428. The molecule has 3 unspecified atom stereocenters. The number of hydrogen-bond donors (Lipinski definition) is 1. The van der Waals surface area contributed by atoms with E-state index in [1.807, 2.05) is 0 Å². The molecule has 1 aromatic rings. The van der Waals surface area contributed by atoms with Crippen molar-refractivity contribution in [2.24, 2.45) is 11.7 Å². The van der Waals surface area contributed by atoms with E-state index in [1.54, 1.807) is 0 Å². The number of fused-ring (bicyclic) bond motifs is 2. The zero-order valence-electron chi connectivity index (χ0n) is 12.1. The molecule has 0 aliphatic carbocycles. The lowest BCUT2D eigenvalue weighted by Gasteiger charge is -2.44. The average Bonchev–Trinajstić information content (AvgIpc) is 2.64. The van der Waals surface area contributed by atoms with Crippen LogP contribution in [0.4, 0.5) is 0 Å². The van der Waals surface area contributed by atoms with Crippen LogP contribution in [-0.2, 0) is 0 Å². The van der Waals surface area contributed by atoms with E-state index in [1.165, 1.54) is 31.2 Å². The quantitative estimate of drug-likeness (QED) is 0.901. The van der Waals surface area contributed by atoms with Gasteiger partial charge in [-0.15, -0.1) is 0 Å². The topological polar surface area (TPSA) is 29.3 Å². The third kappa shape index (κ3) is 2.44. The molecule has 0 aromatic heterocycles. The summed E-state index contributed by atoms with van der Waals surface area (Å²) < 4.78 is 0. The second-order valence-electron chi connectivity index (χ2n) is 6.66. The van der Waals surface area contributed by atoms with Crippen molar-refractivity contribution in [3.8, 4) is 0 Å². The molecule has 0 radical (unpaired) electrons. The molecule has 104 valence electrons. The fourth-order valence-corrected chi connectivity index (χ4v) is 4.26. The summed E-state index contributed by atoms with van der Waals surface area (Å²) >= 11 is 0. The molecule has 2 aliphatic rings. The van der Waals surface area contributed by atoms with Crippen molar-refractivity contribution >= 4 is 0 Å². The monoisotopic (exact) mass is 258 g/mol. The fraction of sp³-hybridized carbons (Fsp3) is 0.647. The van der Waals surface area contributed by atoms with Crippen molar-refractivity contribution in [1.82, 2.24) is 4.90 Å². The maximum absolute atomic E-state index is 6.21. The predicted molar refractivity (Wildman–Crippen MR) is 79.9 cm³/mol. The summed E-state index contributed by atoms with van der Waals surface area (Å²) in [6.45, 7) is 4.71. The number of benzene rings is 1. The molecule has 0 saturated carbocycles. The molecule has 2 aliphatic heterocycles. The lowest BCUT2D eigenvalue weighted by atomic mass is 9.88. The molecular weight excluding hydrogens is 232 g/mol. The normalized spacial score (nSPS) is 32.7. The first-order valence-electron chi connectivity index (χ1n) is 7.74. The highest BCUT2D eigenvalue weighted by Crippen LogP contribution is 2.43. The molecule has 0 spiro atoms. The second kappa shape index (κ2) is 5.26. The van der Waals surface area contributed by atoms with Gasteiger partial charge in [-0.3, -0.25) is 4.90 Å². The van der Waals surface area contributed by atoms with Crippen LogP contribution in [0.3, 0.4) is 0 Å². The second-order valence-corrected chi connectivity index (χ2v) is 6.66. The van der Waals surface area contributed by atoms with E-state index in [9.17, 15) is 0 Å². The first kappa shape index (κ1) is 13.1. The van der Waals surface area contributed by atoms with Gasteiger partial charge in [-0.25, -0.2) is 0 Å². The number of hydrogen-bond acceptors (Lipinski definition) is 2. The van der Waals surface area contributed by atoms with Crippen LogP contribution in [0.15, 0.2) is 30.3 Å². The maximum Gasteiger partial charge on any atom is 0.0376 e. The molecule has 2 heterocycles. The van der Waals surface area contributed by atoms with E-state index in [-0.39, 0.29) is 0 Å². The van der Waals surface area contributed by atoms with Crippen LogP contribution in [-0.4, -0.2) is 23.0 Å². The molecule has 0 amide bonds. The Morgan fingerprint density at radius 3 is 2.16 bits per heavy atom. The zero-order valence-corrected chi connectivity index (χ0v) is 12.1. The van der Waals surface area contributed by atoms with E-state index in [0.29, 0.717) is 30.1 Å². The summed E-state index contributed by atoms with van der Waals surface area (Å²) in [5.74, 6) is 0.653. The lowest BCUT2D eigenvalue weighted by Crippen LogP contribution is -2.49. The Hall–Kier alpha value is -0.860. The van der Waals surface area contributed by atoms with E-state index >= 15 is 0 Å². The molecule has 2 N–H and O–H groups in total. The van der Waals surface area contributed by atoms with Crippen LogP contribution in [0, 0.1) is 5.92 Å². The van der Waals surface area contributed by atoms with Gasteiger partial charge in [0.2, 0.25) is 0 Å². The van der Waals surface area contributed by atoms with Crippen LogP contribution in [0.5, 0.6) is 0 Å². The highest BCUT2D eigenvalue weighted by Gasteiger charge is 2.43. The van der Waals surface area contributed by atoms with Gasteiger partial charge in [-0.05, 0) is 37.2 Å². The maximum atomic E-state index is 6.21. The molecule has 3 rings (SSSR count). The van der Waals surface area contributed by atoms with Gasteiger partial charge in [-0.1, -0.05) is 44.2 Å². The Balaban J connectivity index is 1.90. The lowest BCUT2D eigenvalue weighted by molar-refractivity contribution is 0.0534. The van der Waals surface area contributed by atoms with Gasteiger partial charge in [0.15, 0.2) is 0 Å². The minimum atomic E-state index is 0.428. The first-order chi connectivity index (χ1) is 9.16. The molecule has 2 bridgehead atoms. The van der Waals surface area contributed by atoms with Crippen LogP contribution in [0.25, 0.3) is 0 Å². The molecule has 3 atom stereocenters. The van der Waals surface area contributed by atoms with Crippen molar-refractivity contribution in [2.45, 2.75) is 63.7 Å². The third-order valence-corrected chi connectivity index (χ3v) is 4.92. The van der Waals surface area contributed by atoms with Gasteiger partial charge < -0.3 is 5.73 Å². The molecular formula is C17H26N2. The first-order valence-corrected chi connectivity index (χ1v) is 7.74. The Morgan fingerprint density at radius 1 is 1.05 bits per heavy atom. The smallest absolute Gasteiger partial charge is 0.0376 e. The van der Waals surface area contributed by atoms with E-state index in [4.69, 9.17) is 5.73 Å². The van der Waals surface area contributed by atoms with E-state index in [0.717, 1.165) is 0 Å². The van der Waals surface area contributed by atoms with Crippen LogP contribution < -0.4 is 5.73 Å². The van der Waals surface area contributed by atoms with Crippen molar-refractivity contribution < 1.29 is 0 Å². The van der Waals surface area contributed by atoms with Gasteiger partial charge in [0, 0.05) is 24.2 Å². The summed E-state index contributed by atoms with van der Waals surface area (Å²) in [5, 5.41) is 0. The Morgan fingerprint density at radius 2 is 1.63 bits per heavy atom.